The smallest absolute Gasteiger partial charge is 0.305 e. The van der Waals surface area contributed by atoms with Crippen LogP contribution in [-0.2, 0) is 9.53 Å². The van der Waals surface area contributed by atoms with Crippen LogP contribution in [-0.4, -0.2) is 12.6 Å². The van der Waals surface area contributed by atoms with E-state index in [-0.39, 0.29) is 5.97 Å². The van der Waals surface area contributed by atoms with Gasteiger partial charge in [-0.05, 0) is 25.2 Å². The van der Waals surface area contributed by atoms with Crippen LogP contribution in [0, 0.1) is 5.92 Å². The fourth-order valence-electron chi connectivity index (χ4n) is 6.01. The molecule has 0 aromatic heterocycles. The summed E-state index contributed by atoms with van der Waals surface area (Å²) in [4.78, 5) is 12.4. The summed E-state index contributed by atoms with van der Waals surface area (Å²) in [5, 5.41) is 0. The topological polar surface area (TPSA) is 26.3 Å². The molecule has 0 aliphatic heterocycles. The molecule has 0 aromatic rings. The summed E-state index contributed by atoms with van der Waals surface area (Å²) in [6.07, 6.45) is 42.6. The average molecular weight is 565 g/mol. The van der Waals surface area contributed by atoms with Gasteiger partial charge in [-0.2, -0.15) is 0 Å². The third-order valence-corrected chi connectivity index (χ3v) is 8.90. The molecule has 0 spiro atoms. The lowest BCUT2D eigenvalue weighted by molar-refractivity contribution is -0.145. The van der Waals surface area contributed by atoms with Gasteiger partial charge in [0.2, 0.25) is 0 Å². The Balaban J connectivity index is 3.80. The van der Waals surface area contributed by atoms with E-state index >= 15 is 0 Å². The number of carbonyl (C=O) groups is 1. The first-order valence-electron chi connectivity index (χ1n) is 18.9. The average Bonchev–Trinajstić information content (AvgIpc) is 2.96. The van der Waals surface area contributed by atoms with Crippen LogP contribution < -0.4 is 0 Å². The van der Waals surface area contributed by atoms with Gasteiger partial charge in [-0.15, -0.1) is 0 Å². The standard InChI is InChI=1S/C38H76O2/c1-4-7-10-13-16-18-19-20-21-22-23-24-26-29-32-35-38(39)40-36-37(33-30-27-15-12-9-6-3)34-31-28-25-17-14-11-8-5-2/h37H,4-36H2,1-3H3/t37-/m1/s1. The van der Waals surface area contributed by atoms with Crippen molar-refractivity contribution in [3.05, 3.63) is 0 Å². The predicted molar refractivity (Wildman–Crippen MR) is 179 cm³/mol. The molecule has 0 N–H and O–H groups in total. The van der Waals surface area contributed by atoms with Crippen LogP contribution in [0.15, 0.2) is 0 Å². The highest BCUT2D eigenvalue weighted by molar-refractivity contribution is 5.69. The molecule has 0 aliphatic rings. The normalized spacial score (nSPS) is 12.2. The Labute approximate surface area is 254 Å². The molecule has 240 valence electrons. The molecule has 0 saturated heterocycles. The minimum Gasteiger partial charge on any atom is -0.465 e. The molecule has 0 fully saturated rings. The second kappa shape index (κ2) is 34.7. The van der Waals surface area contributed by atoms with Crippen LogP contribution in [0.1, 0.15) is 226 Å². The quantitative estimate of drug-likeness (QED) is 0.0574. The summed E-state index contributed by atoms with van der Waals surface area (Å²) in [5.74, 6) is 0.634. The Morgan fingerprint density at radius 1 is 0.400 bits per heavy atom. The molecule has 40 heavy (non-hydrogen) atoms. The first-order valence-corrected chi connectivity index (χ1v) is 18.9. The van der Waals surface area contributed by atoms with Gasteiger partial charge in [0.15, 0.2) is 0 Å². The van der Waals surface area contributed by atoms with Crippen molar-refractivity contribution < 1.29 is 9.53 Å². The highest BCUT2D eigenvalue weighted by Gasteiger charge is 2.12. The third kappa shape index (κ3) is 32.0. The lowest BCUT2D eigenvalue weighted by Crippen LogP contribution is -2.14. The summed E-state index contributed by atoms with van der Waals surface area (Å²) in [6, 6.07) is 0. The number of unbranched alkanes of at least 4 members (excludes halogenated alkanes) is 26. The Morgan fingerprint density at radius 3 is 1.00 bits per heavy atom. The van der Waals surface area contributed by atoms with Crippen LogP contribution in [0.25, 0.3) is 0 Å². The minimum absolute atomic E-state index is 0.0542. The number of esters is 1. The highest BCUT2D eigenvalue weighted by Crippen LogP contribution is 2.21. The van der Waals surface area contributed by atoms with Crippen LogP contribution in [0.2, 0.25) is 0 Å². The summed E-state index contributed by atoms with van der Waals surface area (Å²) in [5.41, 5.74) is 0. The largest absolute Gasteiger partial charge is 0.465 e. The van der Waals surface area contributed by atoms with Gasteiger partial charge in [-0.3, -0.25) is 4.79 Å². The predicted octanol–water partition coefficient (Wildman–Crippen LogP) is 13.7. The lowest BCUT2D eigenvalue weighted by Gasteiger charge is -2.17. The number of carbonyl (C=O) groups excluding carboxylic acids is 1. The van der Waals surface area contributed by atoms with E-state index in [9.17, 15) is 4.79 Å². The minimum atomic E-state index is 0.0542. The van der Waals surface area contributed by atoms with Gasteiger partial charge >= 0.3 is 5.97 Å². The maximum absolute atomic E-state index is 12.4. The zero-order chi connectivity index (χ0) is 29.2. The van der Waals surface area contributed by atoms with Crippen LogP contribution in [0.5, 0.6) is 0 Å². The van der Waals surface area contributed by atoms with Crippen molar-refractivity contribution in [1.29, 1.82) is 0 Å². The van der Waals surface area contributed by atoms with E-state index in [2.05, 4.69) is 20.8 Å². The molecule has 0 radical (unpaired) electrons. The fraction of sp³-hybridized carbons (Fsp3) is 0.974. The molecular weight excluding hydrogens is 488 g/mol. The van der Waals surface area contributed by atoms with E-state index in [4.69, 9.17) is 4.74 Å². The van der Waals surface area contributed by atoms with Gasteiger partial charge in [0.25, 0.3) is 0 Å². The van der Waals surface area contributed by atoms with Gasteiger partial charge in [0.05, 0.1) is 6.61 Å². The summed E-state index contributed by atoms with van der Waals surface area (Å²) >= 11 is 0. The van der Waals surface area contributed by atoms with Crippen molar-refractivity contribution >= 4 is 5.97 Å². The fourth-order valence-corrected chi connectivity index (χ4v) is 6.01. The molecule has 0 aliphatic carbocycles. The molecule has 0 rings (SSSR count). The van der Waals surface area contributed by atoms with Crippen molar-refractivity contribution in [3.8, 4) is 0 Å². The second-order valence-corrected chi connectivity index (χ2v) is 13.1. The number of hydrogen-bond acceptors (Lipinski definition) is 2. The molecule has 0 unspecified atom stereocenters. The molecule has 1 atom stereocenters. The lowest BCUT2D eigenvalue weighted by atomic mass is 9.94. The molecule has 0 aromatic carbocycles. The van der Waals surface area contributed by atoms with E-state index in [1.54, 1.807) is 0 Å². The molecule has 0 bridgehead atoms. The van der Waals surface area contributed by atoms with Gasteiger partial charge < -0.3 is 4.74 Å². The number of hydrogen-bond donors (Lipinski definition) is 0. The van der Waals surface area contributed by atoms with E-state index in [0.29, 0.717) is 18.9 Å². The summed E-state index contributed by atoms with van der Waals surface area (Å²) in [7, 11) is 0. The van der Waals surface area contributed by atoms with Crippen LogP contribution >= 0.6 is 0 Å². The third-order valence-electron chi connectivity index (χ3n) is 8.90. The van der Waals surface area contributed by atoms with Crippen molar-refractivity contribution in [2.75, 3.05) is 6.61 Å². The number of ether oxygens (including phenoxy) is 1. The van der Waals surface area contributed by atoms with Gasteiger partial charge in [-0.25, -0.2) is 0 Å². The van der Waals surface area contributed by atoms with Crippen molar-refractivity contribution in [2.24, 2.45) is 5.92 Å². The van der Waals surface area contributed by atoms with Crippen molar-refractivity contribution in [3.63, 3.8) is 0 Å². The first kappa shape index (κ1) is 39.5. The monoisotopic (exact) mass is 565 g/mol. The van der Waals surface area contributed by atoms with Gasteiger partial charge in [-0.1, -0.05) is 201 Å². The van der Waals surface area contributed by atoms with Crippen molar-refractivity contribution in [1.82, 2.24) is 0 Å². The first-order chi connectivity index (χ1) is 19.7. The van der Waals surface area contributed by atoms with E-state index in [1.807, 2.05) is 0 Å². The van der Waals surface area contributed by atoms with Crippen LogP contribution in [0.4, 0.5) is 0 Å². The molecule has 2 nitrogen and oxygen atoms in total. The molecule has 2 heteroatoms. The Morgan fingerprint density at radius 2 is 0.675 bits per heavy atom. The van der Waals surface area contributed by atoms with Gasteiger partial charge in [0.1, 0.15) is 0 Å². The van der Waals surface area contributed by atoms with E-state index in [0.717, 1.165) is 6.42 Å². The van der Waals surface area contributed by atoms with E-state index < -0.39 is 0 Å². The molecule has 0 amide bonds. The zero-order valence-electron chi connectivity index (χ0n) is 28.2. The van der Waals surface area contributed by atoms with E-state index in [1.165, 1.54) is 193 Å². The molecule has 0 heterocycles. The van der Waals surface area contributed by atoms with Gasteiger partial charge in [0, 0.05) is 6.42 Å². The molecule has 0 saturated carbocycles. The Hall–Kier alpha value is -0.530. The maximum Gasteiger partial charge on any atom is 0.305 e. The molecular formula is C38H76O2. The summed E-state index contributed by atoms with van der Waals surface area (Å²) in [6.45, 7) is 7.54. The SMILES string of the molecule is CCCCCCCCCCCCCCCCCC(=O)OC[C@H](CCCCCCCC)CCCCCCCCCC. The number of rotatable bonds is 34. The van der Waals surface area contributed by atoms with Crippen LogP contribution in [0.3, 0.4) is 0 Å². The van der Waals surface area contributed by atoms with Crippen molar-refractivity contribution in [2.45, 2.75) is 226 Å². The summed E-state index contributed by atoms with van der Waals surface area (Å²) < 4.78 is 5.80. The Kier molecular flexibility index (Phi) is 34.2. The Bertz CT molecular complexity index is 474. The zero-order valence-corrected chi connectivity index (χ0v) is 28.2. The highest BCUT2D eigenvalue weighted by atomic mass is 16.5. The maximum atomic E-state index is 12.4. The second-order valence-electron chi connectivity index (χ2n) is 13.1.